The molecule has 1 rings (SSSR count). The molecule has 0 radical (unpaired) electrons. The molecule has 102 valence electrons. The zero-order chi connectivity index (χ0) is 12.9. The lowest BCUT2D eigenvalue weighted by molar-refractivity contribution is -0.114. The lowest BCUT2D eigenvalue weighted by Crippen LogP contribution is -2.05. The van der Waals surface area contributed by atoms with E-state index in [4.69, 9.17) is 0 Å². The third-order valence-corrected chi connectivity index (χ3v) is 3.44. The Labute approximate surface area is 108 Å². The summed E-state index contributed by atoms with van der Waals surface area (Å²) in [5, 5.41) is 0. The Balaban J connectivity index is 0.000000557. The fourth-order valence-electron chi connectivity index (χ4n) is 2.51. The average molecular weight is 240 g/mol. The van der Waals surface area contributed by atoms with E-state index in [1.165, 1.54) is 84.5 Å². The van der Waals surface area contributed by atoms with Crippen LogP contribution in [-0.4, -0.2) is 5.78 Å². The predicted molar refractivity (Wildman–Crippen MR) is 76.3 cm³/mol. The largest absolute Gasteiger partial charge is 0.300 e. The van der Waals surface area contributed by atoms with E-state index in [-0.39, 0.29) is 5.78 Å². The van der Waals surface area contributed by atoms with E-state index in [9.17, 15) is 4.79 Å². The summed E-state index contributed by atoms with van der Waals surface area (Å²) in [7, 11) is 0. The van der Waals surface area contributed by atoms with Crippen LogP contribution in [0.15, 0.2) is 0 Å². The van der Waals surface area contributed by atoms with Gasteiger partial charge in [0.1, 0.15) is 5.78 Å². The van der Waals surface area contributed by atoms with Crippen LogP contribution in [0, 0.1) is 5.92 Å². The molecule has 0 unspecified atom stereocenters. The Hall–Kier alpha value is -0.330. The molecule has 0 amide bonds. The maximum Gasteiger partial charge on any atom is 0.126 e. The Bertz CT molecular complexity index is 164. The molecule has 1 heteroatoms. The molecule has 1 aliphatic carbocycles. The minimum atomic E-state index is 0.167. The SMILES string of the molecule is CC(C)=O.CCCCCCCC1CCCCC1. The first-order valence-electron chi connectivity index (χ1n) is 7.64. The molecule has 0 aromatic carbocycles. The van der Waals surface area contributed by atoms with E-state index < -0.39 is 0 Å². The molecule has 0 heterocycles. The van der Waals surface area contributed by atoms with Gasteiger partial charge in [-0.1, -0.05) is 77.6 Å². The van der Waals surface area contributed by atoms with Crippen molar-refractivity contribution in [1.82, 2.24) is 0 Å². The summed E-state index contributed by atoms with van der Waals surface area (Å²) < 4.78 is 0. The average Bonchev–Trinajstić information content (AvgIpc) is 2.29. The van der Waals surface area contributed by atoms with Gasteiger partial charge in [0.15, 0.2) is 0 Å². The molecular weight excluding hydrogens is 208 g/mol. The van der Waals surface area contributed by atoms with Gasteiger partial charge in [-0.25, -0.2) is 0 Å². The van der Waals surface area contributed by atoms with Crippen LogP contribution in [0.3, 0.4) is 0 Å². The highest BCUT2D eigenvalue weighted by molar-refractivity contribution is 5.72. The van der Waals surface area contributed by atoms with Gasteiger partial charge in [0.2, 0.25) is 0 Å². The molecule has 1 nitrogen and oxygen atoms in total. The second-order valence-electron chi connectivity index (χ2n) is 5.62. The minimum Gasteiger partial charge on any atom is -0.300 e. The molecule has 0 spiro atoms. The monoisotopic (exact) mass is 240 g/mol. The van der Waals surface area contributed by atoms with Crippen LogP contribution >= 0.6 is 0 Å². The number of ketones is 1. The Kier molecular flexibility index (Phi) is 11.9. The molecule has 0 bridgehead atoms. The number of unbranched alkanes of at least 4 members (excludes halogenated alkanes) is 4. The number of hydrogen-bond acceptors (Lipinski definition) is 1. The number of rotatable bonds is 6. The van der Waals surface area contributed by atoms with Crippen LogP contribution in [0.4, 0.5) is 0 Å². The van der Waals surface area contributed by atoms with Crippen LogP contribution in [-0.2, 0) is 4.79 Å². The number of hydrogen-bond donors (Lipinski definition) is 0. The summed E-state index contributed by atoms with van der Waals surface area (Å²) in [6.45, 7) is 5.35. The second kappa shape index (κ2) is 12.1. The molecule has 0 atom stereocenters. The topological polar surface area (TPSA) is 17.1 Å². The van der Waals surface area contributed by atoms with Gasteiger partial charge in [-0.3, -0.25) is 0 Å². The normalized spacial score (nSPS) is 16.2. The fraction of sp³-hybridized carbons (Fsp3) is 0.938. The van der Waals surface area contributed by atoms with Gasteiger partial charge < -0.3 is 4.79 Å². The highest BCUT2D eigenvalue weighted by atomic mass is 16.1. The van der Waals surface area contributed by atoms with E-state index in [1.807, 2.05) is 0 Å². The standard InChI is InChI=1S/C13H26.C3H6O/c1-2-3-4-5-7-10-13-11-8-6-9-12-13;1-3(2)4/h13H,2-12H2,1H3;1-2H3. The van der Waals surface area contributed by atoms with Crippen molar-refractivity contribution in [1.29, 1.82) is 0 Å². The summed E-state index contributed by atoms with van der Waals surface area (Å²) in [4.78, 5) is 9.44. The molecule has 1 fully saturated rings. The first kappa shape index (κ1) is 16.7. The fourth-order valence-corrected chi connectivity index (χ4v) is 2.51. The van der Waals surface area contributed by atoms with E-state index in [0.29, 0.717) is 0 Å². The maximum atomic E-state index is 9.44. The van der Waals surface area contributed by atoms with Crippen molar-refractivity contribution in [3.05, 3.63) is 0 Å². The highest BCUT2D eigenvalue weighted by Gasteiger charge is 2.12. The van der Waals surface area contributed by atoms with Gasteiger partial charge in [-0.05, 0) is 19.8 Å². The quantitative estimate of drug-likeness (QED) is 0.558. The van der Waals surface area contributed by atoms with Gasteiger partial charge in [0, 0.05) is 0 Å². The third-order valence-electron chi connectivity index (χ3n) is 3.44. The highest BCUT2D eigenvalue weighted by Crippen LogP contribution is 2.27. The Morgan fingerprint density at radius 1 is 0.941 bits per heavy atom. The van der Waals surface area contributed by atoms with E-state index >= 15 is 0 Å². The van der Waals surface area contributed by atoms with Gasteiger partial charge >= 0.3 is 0 Å². The van der Waals surface area contributed by atoms with Crippen LogP contribution in [0.25, 0.3) is 0 Å². The third kappa shape index (κ3) is 13.6. The molecule has 0 aromatic rings. The molecular formula is C16H32O. The van der Waals surface area contributed by atoms with Crippen molar-refractivity contribution in [3.8, 4) is 0 Å². The van der Waals surface area contributed by atoms with Gasteiger partial charge in [0.25, 0.3) is 0 Å². The van der Waals surface area contributed by atoms with Gasteiger partial charge in [-0.15, -0.1) is 0 Å². The molecule has 0 N–H and O–H groups in total. The molecule has 1 aliphatic rings. The van der Waals surface area contributed by atoms with Crippen LogP contribution in [0.2, 0.25) is 0 Å². The van der Waals surface area contributed by atoms with Gasteiger partial charge in [0.05, 0.1) is 0 Å². The van der Waals surface area contributed by atoms with Crippen molar-refractivity contribution in [2.45, 2.75) is 91.4 Å². The number of carbonyl (C=O) groups excluding carboxylic acids is 1. The first-order chi connectivity index (χ1) is 8.16. The summed E-state index contributed by atoms with van der Waals surface area (Å²) >= 11 is 0. The minimum absolute atomic E-state index is 0.167. The summed E-state index contributed by atoms with van der Waals surface area (Å²) in [6, 6.07) is 0. The lowest BCUT2D eigenvalue weighted by atomic mass is 9.85. The van der Waals surface area contributed by atoms with Crippen molar-refractivity contribution in [2.24, 2.45) is 5.92 Å². The summed E-state index contributed by atoms with van der Waals surface area (Å²) in [5.74, 6) is 1.27. The Morgan fingerprint density at radius 3 is 2.00 bits per heavy atom. The smallest absolute Gasteiger partial charge is 0.126 e. The van der Waals surface area contributed by atoms with E-state index in [0.717, 1.165) is 5.92 Å². The van der Waals surface area contributed by atoms with Crippen molar-refractivity contribution in [3.63, 3.8) is 0 Å². The second-order valence-corrected chi connectivity index (χ2v) is 5.62. The molecule has 0 aliphatic heterocycles. The van der Waals surface area contributed by atoms with Crippen LogP contribution in [0.5, 0.6) is 0 Å². The molecule has 0 aromatic heterocycles. The number of carbonyl (C=O) groups is 1. The first-order valence-corrected chi connectivity index (χ1v) is 7.64. The lowest BCUT2D eigenvalue weighted by Gasteiger charge is -2.21. The summed E-state index contributed by atoms with van der Waals surface area (Å²) in [6.07, 6.45) is 16.4. The predicted octanol–water partition coefficient (Wildman–Crippen LogP) is 5.52. The van der Waals surface area contributed by atoms with Gasteiger partial charge in [-0.2, -0.15) is 0 Å². The molecule has 17 heavy (non-hydrogen) atoms. The van der Waals surface area contributed by atoms with E-state index in [1.54, 1.807) is 0 Å². The molecule has 0 saturated heterocycles. The van der Waals surface area contributed by atoms with Crippen molar-refractivity contribution in [2.75, 3.05) is 0 Å². The zero-order valence-electron chi connectivity index (χ0n) is 12.3. The van der Waals surface area contributed by atoms with Crippen molar-refractivity contribution >= 4 is 5.78 Å². The summed E-state index contributed by atoms with van der Waals surface area (Å²) in [5.41, 5.74) is 0. The van der Waals surface area contributed by atoms with Crippen molar-refractivity contribution < 1.29 is 4.79 Å². The maximum absolute atomic E-state index is 9.44. The zero-order valence-corrected chi connectivity index (χ0v) is 12.3. The van der Waals surface area contributed by atoms with E-state index in [2.05, 4.69) is 6.92 Å². The van der Waals surface area contributed by atoms with Crippen LogP contribution < -0.4 is 0 Å². The number of Topliss-reactive ketones (excluding diaryl/α,β-unsaturated/α-hetero) is 1. The molecule has 1 saturated carbocycles. The van der Waals surface area contributed by atoms with Crippen LogP contribution in [0.1, 0.15) is 91.4 Å². The Morgan fingerprint density at radius 2 is 1.47 bits per heavy atom.